The van der Waals surface area contributed by atoms with Gasteiger partial charge in [-0.1, -0.05) is 6.07 Å². The van der Waals surface area contributed by atoms with Crippen LogP contribution in [-0.4, -0.2) is 77.3 Å². The zero-order valence-electron chi connectivity index (χ0n) is 17.2. The molecule has 0 aromatic carbocycles. The number of ether oxygens (including phenoxy) is 1. The molecule has 7 heteroatoms. The van der Waals surface area contributed by atoms with Gasteiger partial charge >= 0.3 is 0 Å². The molecule has 1 amide bonds. The van der Waals surface area contributed by atoms with Gasteiger partial charge in [0, 0.05) is 69.4 Å². The van der Waals surface area contributed by atoms with Crippen molar-refractivity contribution in [3.8, 4) is 0 Å². The molecule has 4 heterocycles. The molecule has 0 aliphatic carbocycles. The maximum atomic E-state index is 13.3. The van der Waals surface area contributed by atoms with E-state index >= 15 is 0 Å². The van der Waals surface area contributed by atoms with Crippen LogP contribution in [0.15, 0.2) is 24.5 Å². The molecule has 0 saturated carbocycles. The summed E-state index contributed by atoms with van der Waals surface area (Å²) in [7, 11) is 0. The van der Waals surface area contributed by atoms with Crippen LogP contribution in [0.4, 0.5) is 0 Å². The standard InChI is InChI=1S/C22H34N4O3/c23-19-4-3-17(15-26(16-19)20-5-12-29-13-6-20)21(27)25-10-7-22(28,8-11-25)18-2-1-9-24-14-18/h1-2,9,14,17,19-20,28H,3-8,10-13,15-16,23H2/t17-,19+/m1/s1. The second-order valence-electron chi connectivity index (χ2n) is 8.93. The first-order chi connectivity index (χ1) is 14.0. The van der Waals surface area contributed by atoms with Crippen molar-refractivity contribution in [2.45, 2.75) is 56.2 Å². The maximum absolute atomic E-state index is 13.3. The third-order valence-corrected chi connectivity index (χ3v) is 6.97. The normalized spacial score (nSPS) is 29.4. The number of carbonyl (C=O) groups is 1. The molecule has 0 spiro atoms. The summed E-state index contributed by atoms with van der Waals surface area (Å²) in [6.45, 7) is 4.44. The fraction of sp³-hybridized carbons (Fsp3) is 0.727. The molecule has 3 fully saturated rings. The molecule has 2 atom stereocenters. The highest BCUT2D eigenvalue weighted by Gasteiger charge is 2.39. The summed E-state index contributed by atoms with van der Waals surface area (Å²) < 4.78 is 5.51. The van der Waals surface area contributed by atoms with E-state index in [1.807, 2.05) is 17.0 Å². The Kier molecular flexibility index (Phi) is 6.49. The number of rotatable bonds is 3. The van der Waals surface area contributed by atoms with Crippen LogP contribution in [0.2, 0.25) is 0 Å². The molecule has 4 rings (SSSR count). The largest absolute Gasteiger partial charge is 0.385 e. The Morgan fingerprint density at radius 3 is 2.62 bits per heavy atom. The fourth-order valence-corrected chi connectivity index (χ4v) is 5.09. The molecular weight excluding hydrogens is 368 g/mol. The van der Waals surface area contributed by atoms with Crippen LogP contribution in [0.3, 0.4) is 0 Å². The summed E-state index contributed by atoms with van der Waals surface area (Å²) >= 11 is 0. The Morgan fingerprint density at radius 2 is 1.93 bits per heavy atom. The van der Waals surface area contributed by atoms with E-state index in [9.17, 15) is 9.90 Å². The van der Waals surface area contributed by atoms with Crippen molar-refractivity contribution in [1.82, 2.24) is 14.8 Å². The first-order valence-electron chi connectivity index (χ1n) is 11.0. The van der Waals surface area contributed by atoms with E-state index in [0.717, 1.165) is 57.6 Å². The lowest BCUT2D eigenvalue weighted by Crippen LogP contribution is -2.50. The monoisotopic (exact) mass is 402 g/mol. The minimum absolute atomic E-state index is 0.00372. The molecule has 0 radical (unpaired) electrons. The van der Waals surface area contributed by atoms with E-state index in [2.05, 4.69) is 9.88 Å². The van der Waals surface area contributed by atoms with Gasteiger partial charge in [0.2, 0.25) is 5.91 Å². The van der Waals surface area contributed by atoms with Crippen LogP contribution in [0.5, 0.6) is 0 Å². The molecule has 0 unspecified atom stereocenters. The number of nitrogens with zero attached hydrogens (tertiary/aromatic N) is 3. The summed E-state index contributed by atoms with van der Waals surface area (Å²) in [4.78, 5) is 21.9. The summed E-state index contributed by atoms with van der Waals surface area (Å²) in [6, 6.07) is 4.38. The predicted octanol–water partition coefficient (Wildman–Crippen LogP) is 1.11. The van der Waals surface area contributed by atoms with Gasteiger partial charge in [0.25, 0.3) is 0 Å². The van der Waals surface area contributed by atoms with Crippen LogP contribution < -0.4 is 5.73 Å². The van der Waals surface area contributed by atoms with Crippen molar-refractivity contribution in [3.63, 3.8) is 0 Å². The minimum Gasteiger partial charge on any atom is -0.385 e. The summed E-state index contributed by atoms with van der Waals surface area (Å²) in [5.74, 6) is 0.223. The number of piperidine rings is 1. The van der Waals surface area contributed by atoms with Crippen LogP contribution in [-0.2, 0) is 15.1 Å². The summed E-state index contributed by atoms with van der Waals surface area (Å²) in [5.41, 5.74) is 6.30. The van der Waals surface area contributed by atoms with Gasteiger partial charge < -0.3 is 20.5 Å². The van der Waals surface area contributed by atoms with E-state index in [1.54, 1.807) is 12.4 Å². The zero-order chi connectivity index (χ0) is 20.3. The van der Waals surface area contributed by atoms with Gasteiger partial charge in [-0.25, -0.2) is 0 Å². The second kappa shape index (κ2) is 9.08. The predicted molar refractivity (Wildman–Crippen MR) is 110 cm³/mol. The van der Waals surface area contributed by atoms with Gasteiger partial charge in [0.1, 0.15) is 0 Å². The number of hydrogen-bond donors (Lipinski definition) is 2. The molecule has 3 aliphatic rings. The van der Waals surface area contributed by atoms with Crippen LogP contribution in [0, 0.1) is 5.92 Å². The molecule has 3 saturated heterocycles. The van der Waals surface area contributed by atoms with E-state index in [1.165, 1.54) is 0 Å². The van der Waals surface area contributed by atoms with Gasteiger partial charge in [-0.3, -0.25) is 14.7 Å². The van der Waals surface area contributed by atoms with Gasteiger partial charge in [-0.2, -0.15) is 0 Å². The Labute approximate surface area is 173 Å². The third-order valence-electron chi connectivity index (χ3n) is 6.97. The molecule has 3 aliphatic heterocycles. The Bertz CT molecular complexity index is 672. The highest BCUT2D eigenvalue weighted by Crippen LogP contribution is 2.33. The molecule has 1 aromatic heterocycles. The number of carbonyl (C=O) groups excluding carboxylic acids is 1. The second-order valence-corrected chi connectivity index (χ2v) is 8.93. The highest BCUT2D eigenvalue weighted by molar-refractivity contribution is 5.79. The summed E-state index contributed by atoms with van der Waals surface area (Å²) in [6.07, 6.45) is 8.35. The quantitative estimate of drug-likeness (QED) is 0.787. The van der Waals surface area contributed by atoms with E-state index in [0.29, 0.717) is 32.0 Å². The highest BCUT2D eigenvalue weighted by atomic mass is 16.5. The maximum Gasteiger partial charge on any atom is 0.226 e. The fourth-order valence-electron chi connectivity index (χ4n) is 5.09. The van der Waals surface area contributed by atoms with Crippen LogP contribution in [0.25, 0.3) is 0 Å². The Morgan fingerprint density at radius 1 is 1.17 bits per heavy atom. The van der Waals surface area contributed by atoms with E-state index < -0.39 is 5.60 Å². The zero-order valence-corrected chi connectivity index (χ0v) is 17.2. The molecule has 29 heavy (non-hydrogen) atoms. The van der Waals surface area contributed by atoms with Crippen molar-refractivity contribution >= 4 is 5.91 Å². The topological polar surface area (TPSA) is 91.9 Å². The first-order valence-corrected chi connectivity index (χ1v) is 11.0. The van der Waals surface area contributed by atoms with Gasteiger partial charge in [0.15, 0.2) is 0 Å². The van der Waals surface area contributed by atoms with Gasteiger partial charge in [-0.15, -0.1) is 0 Å². The number of nitrogens with two attached hydrogens (primary N) is 1. The number of pyridine rings is 1. The molecular formula is C22H34N4O3. The van der Waals surface area contributed by atoms with E-state index in [4.69, 9.17) is 10.5 Å². The van der Waals surface area contributed by atoms with Crippen LogP contribution >= 0.6 is 0 Å². The summed E-state index contributed by atoms with van der Waals surface area (Å²) in [5, 5.41) is 11.0. The molecule has 160 valence electrons. The third kappa shape index (κ3) is 4.79. The Balaban J connectivity index is 1.38. The lowest BCUT2D eigenvalue weighted by Gasteiger charge is -2.40. The van der Waals surface area contributed by atoms with Crippen molar-refractivity contribution in [1.29, 1.82) is 0 Å². The number of aromatic nitrogens is 1. The number of amides is 1. The average Bonchev–Trinajstić information content (AvgIpc) is 2.97. The van der Waals surface area contributed by atoms with Crippen molar-refractivity contribution in [2.24, 2.45) is 11.7 Å². The van der Waals surface area contributed by atoms with Crippen LogP contribution in [0.1, 0.15) is 44.1 Å². The first kappa shape index (κ1) is 20.7. The number of likely N-dealkylation sites (tertiary alicyclic amines) is 2. The minimum atomic E-state index is -0.884. The van der Waals surface area contributed by atoms with E-state index in [-0.39, 0.29) is 17.9 Å². The van der Waals surface area contributed by atoms with Crippen molar-refractivity contribution in [3.05, 3.63) is 30.1 Å². The molecule has 1 aromatic rings. The smallest absolute Gasteiger partial charge is 0.226 e. The molecule has 0 bridgehead atoms. The van der Waals surface area contributed by atoms with Gasteiger partial charge in [-0.05, 0) is 44.6 Å². The number of aliphatic hydroxyl groups is 1. The average molecular weight is 403 g/mol. The van der Waals surface area contributed by atoms with Crippen molar-refractivity contribution in [2.75, 3.05) is 39.4 Å². The lowest BCUT2D eigenvalue weighted by molar-refractivity contribution is -0.141. The lowest BCUT2D eigenvalue weighted by atomic mass is 9.85. The Hall–Kier alpha value is -1.54. The molecule has 3 N–H and O–H groups in total. The SMILES string of the molecule is N[C@H]1CC[C@@H](C(=O)N2CCC(O)(c3cccnc3)CC2)CN(C2CCOCC2)C1. The van der Waals surface area contributed by atoms with Gasteiger partial charge in [0.05, 0.1) is 11.5 Å². The molecule has 7 nitrogen and oxygen atoms in total. The number of hydrogen-bond acceptors (Lipinski definition) is 6. The van der Waals surface area contributed by atoms with Crippen molar-refractivity contribution < 1.29 is 14.6 Å².